The van der Waals surface area contributed by atoms with Gasteiger partial charge < -0.3 is 0 Å². The summed E-state index contributed by atoms with van der Waals surface area (Å²) in [5.41, 5.74) is -0.236. The zero-order valence-electron chi connectivity index (χ0n) is 11.5. The number of hydrogen-bond donors (Lipinski definition) is 1. The first-order valence-electron chi connectivity index (χ1n) is 7.15. The number of aromatic amines is 1. The number of alkyl halides is 3. The number of unbranched alkanes of at least 4 members (excludes halogenated alkanes) is 7. The molecule has 1 heterocycles. The molecule has 0 radical (unpaired) electrons. The molecule has 5 heteroatoms. The van der Waals surface area contributed by atoms with Gasteiger partial charge in [-0.1, -0.05) is 51.9 Å². The van der Waals surface area contributed by atoms with E-state index in [0.29, 0.717) is 12.1 Å². The second-order valence-electron chi connectivity index (χ2n) is 5.00. The third-order valence-corrected chi connectivity index (χ3v) is 3.22. The normalized spacial score (nSPS) is 12.0. The summed E-state index contributed by atoms with van der Waals surface area (Å²) in [5.74, 6) is 0. The lowest BCUT2D eigenvalue weighted by Crippen LogP contribution is -2.04. The summed E-state index contributed by atoms with van der Waals surface area (Å²) in [7, 11) is 0. The molecule has 110 valence electrons. The van der Waals surface area contributed by atoms with Crippen molar-refractivity contribution in [3.63, 3.8) is 0 Å². The van der Waals surface area contributed by atoms with Crippen molar-refractivity contribution in [1.29, 1.82) is 0 Å². The van der Waals surface area contributed by atoms with Gasteiger partial charge in [-0.2, -0.15) is 18.3 Å². The van der Waals surface area contributed by atoms with E-state index in [0.717, 1.165) is 18.9 Å². The Morgan fingerprint density at radius 1 is 1.00 bits per heavy atom. The molecular weight excluding hydrogens is 253 g/mol. The van der Waals surface area contributed by atoms with Crippen LogP contribution in [0, 0.1) is 0 Å². The fraction of sp³-hybridized carbons (Fsp3) is 0.786. The van der Waals surface area contributed by atoms with E-state index in [1.54, 1.807) is 0 Å². The molecule has 0 saturated heterocycles. The second kappa shape index (κ2) is 8.23. The number of hydrogen-bond acceptors (Lipinski definition) is 1. The third-order valence-electron chi connectivity index (χ3n) is 3.22. The van der Waals surface area contributed by atoms with E-state index in [-0.39, 0.29) is 0 Å². The number of aryl methyl sites for hydroxylation is 1. The zero-order valence-corrected chi connectivity index (χ0v) is 11.5. The number of aromatic nitrogens is 2. The second-order valence-corrected chi connectivity index (χ2v) is 5.00. The van der Waals surface area contributed by atoms with E-state index < -0.39 is 11.9 Å². The Balaban J connectivity index is 2.08. The van der Waals surface area contributed by atoms with Crippen molar-refractivity contribution in [2.75, 3.05) is 0 Å². The standard InChI is InChI=1S/C14H23F3N2/c1-2-3-4-5-6-7-8-9-10-12-11-13(19-18-12)14(15,16)17/h11H,2-10H2,1H3,(H,18,19). The Hall–Kier alpha value is -1.00. The van der Waals surface area contributed by atoms with Crippen LogP contribution in [0.4, 0.5) is 13.2 Å². The Bertz CT molecular complexity index is 345. The van der Waals surface area contributed by atoms with Crippen LogP contribution in [-0.4, -0.2) is 10.2 Å². The quantitative estimate of drug-likeness (QED) is 0.624. The maximum Gasteiger partial charge on any atom is 0.435 e. The largest absolute Gasteiger partial charge is 0.435 e. The number of halogens is 3. The van der Waals surface area contributed by atoms with E-state index in [4.69, 9.17) is 0 Å². The summed E-state index contributed by atoms with van der Waals surface area (Å²) < 4.78 is 36.9. The molecule has 0 atom stereocenters. The minimum Gasteiger partial charge on any atom is -0.282 e. The Morgan fingerprint density at radius 3 is 2.11 bits per heavy atom. The van der Waals surface area contributed by atoms with Gasteiger partial charge in [0.05, 0.1) is 0 Å². The Morgan fingerprint density at radius 2 is 1.58 bits per heavy atom. The van der Waals surface area contributed by atoms with Crippen LogP contribution in [0.3, 0.4) is 0 Å². The lowest BCUT2D eigenvalue weighted by molar-refractivity contribution is -0.141. The molecule has 0 bridgehead atoms. The molecule has 0 spiro atoms. The molecule has 1 aromatic rings. The molecular formula is C14H23F3N2. The molecule has 0 aromatic carbocycles. The highest BCUT2D eigenvalue weighted by Crippen LogP contribution is 2.27. The smallest absolute Gasteiger partial charge is 0.282 e. The Labute approximate surface area is 112 Å². The average molecular weight is 276 g/mol. The van der Waals surface area contributed by atoms with Crippen LogP contribution in [0.5, 0.6) is 0 Å². The first-order valence-corrected chi connectivity index (χ1v) is 7.15. The summed E-state index contributed by atoms with van der Waals surface area (Å²) in [6.45, 7) is 2.19. The van der Waals surface area contributed by atoms with Crippen molar-refractivity contribution in [2.24, 2.45) is 0 Å². The molecule has 0 amide bonds. The predicted molar refractivity (Wildman–Crippen MR) is 69.9 cm³/mol. The van der Waals surface area contributed by atoms with E-state index >= 15 is 0 Å². The molecule has 0 aliphatic carbocycles. The predicted octanol–water partition coefficient (Wildman–Crippen LogP) is 5.11. The van der Waals surface area contributed by atoms with Crippen molar-refractivity contribution >= 4 is 0 Å². The topological polar surface area (TPSA) is 28.7 Å². The minimum absolute atomic E-state index is 0.582. The van der Waals surface area contributed by atoms with Crippen molar-refractivity contribution in [1.82, 2.24) is 10.2 Å². The van der Waals surface area contributed by atoms with Gasteiger partial charge in [-0.05, 0) is 18.9 Å². The summed E-state index contributed by atoms with van der Waals surface area (Å²) in [6, 6.07) is 1.11. The van der Waals surface area contributed by atoms with E-state index in [1.165, 1.54) is 38.5 Å². The molecule has 1 rings (SSSR count). The monoisotopic (exact) mass is 276 g/mol. The van der Waals surface area contributed by atoms with Crippen molar-refractivity contribution in [2.45, 2.75) is 70.9 Å². The minimum atomic E-state index is -4.34. The molecule has 0 saturated carbocycles. The van der Waals surface area contributed by atoms with Crippen LogP contribution in [-0.2, 0) is 12.6 Å². The summed E-state index contributed by atoms with van der Waals surface area (Å²) in [5, 5.41) is 5.75. The van der Waals surface area contributed by atoms with Crippen molar-refractivity contribution in [3.05, 3.63) is 17.5 Å². The van der Waals surface area contributed by atoms with Gasteiger partial charge >= 0.3 is 6.18 Å². The van der Waals surface area contributed by atoms with Crippen molar-refractivity contribution < 1.29 is 13.2 Å². The van der Waals surface area contributed by atoms with Crippen LogP contribution in [0.2, 0.25) is 0 Å². The van der Waals surface area contributed by atoms with E-state index in [1.807, 2.05) is 0 Å². The fourth-order valence-electron chi connectivity index (χ4n) is 2.08. The number of nitrogens with zero attached hydrogens (tertiary/aromatic N) is 1. The first-order chi connectivity index (χ1) is 9.04. The summed E-state index contributed by atoms with van der Waals surface area (Å²) >= 11 is 0. The van der Waals surface area contributed by atoms with Gasteiger partial charge in [-0.15, -0.1) is 0 Å². The highest BCUT2D eigenvalue weighted by atomic mass is 19.4. The Kier molecular flexibility index (Phi) is 6.95. The van der Waals surface area contributed by atoms with Crippen molar-refractivity contribution in [3.8, 4) is 0 Å². The van der Waals surface area contributed by atoms with E-state index in [2.05, 4.69) is 17.1 Å². The number of H-pyrrole nitrogens is 1. The molecule has 2 nitrogen and oxygen atoms in total. The summed E-state index contributed by atoms with van der Waals surface area (Å²) in [6.07, 6.45) is 5.84. The van der Waals surface area contributed by atoms with Gasteiger partial charge in [0.1, 0.15) is 0 Å². The third kappa shape index (κ3) is 6.64. The lowest BCUT2D eigenvalue weighted by Gasteiger charge is -2.01. The van der Waals surface area contributed by atoms with Gasteiger partial charge in [0.2, 0.25) is 0 Å². The van der Waals surface area contributed by atoms with Gasteiger partial charge in [-0.25, -0.2) is 0 Å². The molecule has 0 unspecified atom stereocenters. The summed E-state index contributed by atoms with van der Waals surface area (Å²) in [4.78, 5) is 0. The van der Waals surface area contributed by atoms with Crippen LogP contribution < -0.4 is 0 Å². The highest BCUT2D eigenvalue weighted by molar-refractivity contribution is 5.11. The highest BCUT2D eigenvalue weighted by Gasteiger charge is 2.33. The molecule has 1 aromatic heterocycles. The number of rotatable bonds is 9. The van der Waals surface area contributed by atoms with Crippen LogP contribution in [0.25, 0.3) is 0 Å². The molecule has 1 N–H and O–H groups in total. The molecule has 19 heavy (non-hydrogen) atoms. The molecule has 0 aliphatic heterocycles. The average Bonchev–Trinajstić information content (AvgIpc) is 2.81. The maximum absolute atomic E-state index is 12.3. The molecule has 0 fully saturated rings. The first kappa shape index (κ1) is 16.1. The van der Waals surface area contributed by atoms with Gasteiger partial charge in [0.25, 0.3) is 0 Å². The van der Waals surface area contributed by atoms with E-state index in [9.17, 15) is 13.2 Å². The van der Waals surface area contributed by atoms with Gasteiger partial charge in [0, 0.05) is 5.69 Å². The maximum atomic E-state index is 12.3. The fourth-order valence-corrected chi connectivity index (χ4v) is 2.08. The molecule has 0 aliphatic rings. The number of nitrogens with one attached hydrogen (secondary N) is 1. The zero-order chi connectivity index (χ0) is 14.1. The van der Waals surface area contributed by atoms with Gasteiger partial charge in [0.15, 0.2) is 5.69 Å². The van der Waals surface area contributed by atoms with Crippen LogP contribution in [0.15, 0.2) is 6.07 Å². The van der Waals surface area contributed by atoms with Crippen LogP contribution >= 0.6 is 0 Å². The van der Waals surface area contributed by atoms with Crippen LogP contribution in [0.1, 0.15) is 69.7 Å². The van der Waals surface area contributed by atoms with Gasteiger partial charge in [-0.3, -0.25) is 5.10 Å². The lowest BCUT2D eigenvalue weighted by atomic mass is 10.1. The SMILES string of the molecule is CCCCCCCCCCc1cc(C(F)(F)F)n[nH]1.